The van der Waals surface area contributed by atoms with E-state index in [4.69, 9.17) is 4.74 Å². The molecule has 0 N–H and O–H groups in total. The van der Waals surface area contributed by atoms with Crippen LogP contribution in [0.25, 0.3) is 0 Å². The third-order valence-electron chi connectivity index (χ3n) is 4.34. The lowest BCUT2D eigenvalue weighted by atomic mass is 10.2. The first-order valence-electron chi connectivity index (χ1n) is 6.95. The molecule has 5 nitrogen and oxygen atoms in total. The molecule has 18 heavy (non-hydrogen) atoms. The summed E-state index contributed by atoms with van der Waals surface area (Å²) in [5.74, 6) is 0.0668. The average molecular weight is 252 g/mol. The fourth-order valence-corrected chi connectivity index (χ4v) is 3.35. The number of carbonyl (C=O) groups excluding carboxylic acids is 2. The van der Waals surface area contributed by atoms with Crippen LogP contribution < -0.4 is 0 Å². The monoisotopic (exact) mass is 252 g/mol. The summed E-state index contributed by atoms with van der Waals surface area (Å²) in [4.78, 5) is 28.2. The summed E-state index contributed by atoms with van der Waals surface area (Å²) in [6.45, 7) is 2.87. The van der Waals surface area contributed by atoms with Crippen LogP contribution in [-0.2, 0) is 14.3 Å². The van der Waals surface area contributed by atoms with Gasteiger partial charge in [-0.1, -0.05) is 12.8 Å². The normalized spacial score (nSPS) is 31.6. The number of morpholine rings is 1. The molecule has 3 aliphatic rings. The largest absolute Gasteiger partial charge is 0.379 e. The van der Waals surface area contributed by atoms with E-state index in [-0.39, 0.29) is 23.9 Å². The van der Waals surface area contributed by atoms with Crippen LogP contribution in [0.4, 0.5) is 0 Å². The molecule has 2 aliphatic heterocycles. The maximum atomic E-state index is 12.4. The first-order valence-corrected chi connectivity index (χ1v) is 6.95. The van der Waals surface area contributed by atoms with Crippen molar-refractivity contribution in [2.75, 3.05) is 26.3 Å². The molecule has 5 heteroatoms. The lowest BCUT2D eigenvalue weighted by Crippen LogP contribution is -2.48. The average Bonchev–Trinajstić information content (AvgIpc) is 2.99. The van der Waals surface area contributed by atoms with Gasteiger partial charge in [0.15, 0.2) is 0 Å². The second kappa shape index (κ2) is 4.97. The van der Waals surface area contributed by atoms with Crippen molar-refractivity contribution in [1.29, 1.82) is 0 Å². The molecule has 0 aromatic carbocycles. The Morgan fingerprint density at radius 2 is 1.72 bits per heavy atom. The highest BCUT2D eigenvalue weighted by Gasteiger charge is 2.45. The standard InChI is InChI=1S/C13H20N2O3/c16-12-9-11(14-5-7-18-8-6-14)13(17)15(12)10-3-1-2-4-10/h10-11H,1-9H2/t11-/m0/s1. The molecule has 0 aromatic heterocycles. The van der Waals surface area contributed by atoms with E-state index < -0.39 is 0 Å². The summed E-state index contributed by atoms with van der Waals surface area (Å²) in [5.41, 5.74) is 0. The molecule has 2 amide bonds. The Morgan fingerprint density at radius 1 is 1.06 bits per heavy atom. The van der Waals surface area contributed by atoms with Crippen LogP contribution in [0.3, 0.4) is 0 Å². The van der Waals surface area contributed by atoms with E-state index in [0.29, 0.717) is 19.6 Å². The molecule has 3 rings (SSSR count). The van der Waals surface area contributed by atoms with Gasteiger partial charge < -0.3 is 4.74 Å². The third kappa shape index (κ3) is 2.06. The van der Waals surface area contributed by atoms with Gasteiger partial charge in [-0.05, 0) is 12.8 Å². The predicted molar refractivity (Wildman–Crippen MR) is 64.9 cm³/mol. The van der Waals surface area contributed by atoms with Crippen molar-refractivity contribution in [2.24, 2.45) is 0 Å². The van der Waals surface area contributed by atoms with E-state index in [1.807, 2.05) is 0 Å². The van der Waals surface area contributed by atoms with Gasteiger partial charge in [0.25, 0.3) is 0 Å². The number of ether oxygens (including phenoxy) is 1. The van der Waals surface area contributed by atoms with Crippen molar-refractivity contribution in [3.8, 4) is 0 Å². The zero-order valence-corrected chi connectivity index (χ0v) is 10.6. The molecule has 3 fully saturated rings. The summed E-state index contributed by atoms with van der Waals surface area (Å²) in [6, 6.07) is -0.0435. The van der Waals surface area contributed by atoms with E-state index in [1.165, 1.54) is 0 Å². The number of carbonyl (C=O) groups is 2. The quantitative estimate of drug-likeness (QED) is 0.667. The van der Waals surface area contributed by atoms with Crippen LogP contribution in [0.2, 0.25) is 0 Å². The predicted octanol–water partition coefficient (Wildman–Crippen LogP) is 0.389. The highest BCUT2D eigenvalue weighted by molar-refractivity contribution is 6.05. The smallest absolute Gasteiger partial charge is 0.247 e. The van der Waals surface area contributed by atoms with E-state index in [0.717, 1.165) is 38.8 Å². The first kappa shape index (κ1) is 12.1. The van der Waals surface area contributed by atoms with Gasteiger partial charge in [-0.2, -0.15) is 0 Å². The minimum absolute atomic E-state index is 0.0309. The van der Waals surface area contributed by atoms with Crippen LogP contribution in [0, 0.1) is 0 Å². The zero-order valence-electron chi connectivity index (χ0n) is 10.6. The van der Waals surface area contributed by atoms with Gasteiger partial charge in [-0.25, -0.2) is 0 Å². The fraction of sp³-hybridized carbons (Fsp3) is 0.846. The maximum absolute atomic E-state index is 12.4. The minimum Gasteiger partial charge on any atom is -0.379 e. The van der Waals surface area contributed by atoms with Crippen molar-refractivity contribution in [3.05, 3.63) is 0 Å². The minimum atomic E-state index is -0.220. The fourth-order valence-electron chi connectivity index (χ4n) is 3.35. The van der Waals surface area contributed by atoms with Crippen molar-refractivity contribution in [2.45, 2.75) is 44.2 Å². The molecular formula is C13H20N2O3. The summed E-state index contributed by atoms with van der Waals surface area (Å²) in [5, 5.41) is 0. The Bertz CT molecular complexity index is 346. The van der Waals surface area contributed by atoms with E-state index in [9.17, 15) is 9.59 Å². The molecule has 0 unspecified atom stereocenters. The number of hydrogen-bond acceptors (Lipinski definition) is 4. The van der Waals surface area contributed by atoms with Crippen LogP contribution in [0.15, 0.2) is 0 Å². The number of likely N-dealkylation sites (tertiary alicyclic amines) is 1. The van der Waals surface area contributed by atoms with Gasteiger partial charge in [-0.15, -0.1) is 0 Å². The summed E-state index contributed by atoms with van der Waals surface area (Å²) >= 11 is 0. The molecule has 1 saturated carbocycles. The Morgan fingerprint density at radius 3 is 2.39 bits per heavy atom. The Balaban J connectivity index is 1.71. The van der Waals surface area contributed by atoms with Gasteiger partial charge in [0, 0.05) is 19.1 Å². The maximum Gasteiger partial charge on any atom is 0.247 e. The highest BCUT2D eigenvalue weighted by Crippen LogP contribution is 2.29. The van der Waals surface area contributed by atoms with Gasteiger partial charge in [0.1, 0.15) is 0 Å². The lowest BCUT2D eigenvalue weighted by molar-refractivity contribution is -0.142. The lowest BCUT2D eigenvalue weighted by Gasteiger charge is -2.31. The molecule has 2 saturated heterocycles. The second-order valence-corrected chi connectivity index (χ2v) is 5.41. The van der Waals surface area contributed by atoms with E-state index in [1.54, 1.807) is 4.90 Å². The number of amides is 2. The molecule has 0 radical (unpaired) electrons. The van der Waals surface area contributed by atoms with Gasteiger partial charge in [0.05, 0.1) is 25.7 Å². The van der Waals surface area contributed by atoms with Crippen LogP contribution in [-0.4, -0.2) is 60.0 Å². The Kier molecular flexibility index (Phi) is 3.35. The Hall–Kier alpha value is -0.940. The third-order valence-corrected chi connectivity index (χ3v) is 4.34. The van der Waals surface area contributed by atoms with Gasteiger partial charge in [-0.3, -0.25) is 19.4 Å². The van der Waals surface area contributed by atoms with E-state index >= 15 is 0 Å². The number of imide groups is 1. The van der Waals surface area contributed by atoms with Gasteiger partial charge in [0.2, 0.25) is 11.8 Å². The highest BCUT2D eigenvalue weighted by atomic mass is 16.5. The number of nitrogens with zero attached hydrogens (tertiary/aromatic N) is 2. The number of rotatable bonds is 2. The van der Waals surface area contributed by atoms with Crippen LogP contribution in [0.1, 0.15) is 32.1 Å². The molecule has 1 atom stereocenters. The Labute approximate surface area is 107 Å². The van der Waals surface area contributed by atoms with Crippen molar-refractivity contribution >= 4 is 11.8 Å². The molecule has 0 aromatic rings. The van der Waals surface area contributed by atoms with Crippen LogP contribution in [0.5, 0.6) is 0 Å². The summed E-state index contributed by atoms with van der Waals surface area (Å²) < 4.78 is 5.30. The molecular weight excluding hydrogens is 232 g/mol. The van der Waals surface area contributed by atoms with Crippen molar-refractivity contribution in [3.63, 3.8) is 0 Å². The second-order valence-electron chi connectivity index (χ2n) is 5.41. The number of hydrogen-bond donors (Lipinski definition) is 0. The molecule has 100 valence electrons. The molecule has 1 aliphatic carbocycles. The SMILES string of the molecule is O=C1C[C@H](N2CCOCC2)C(=O)N1C1CCCC1. The first-order chi connectivity index (χ1) is 8.77. The molecule has 2 heterocycles. The van der Waals surface area contributed by atoms with Gasteiger partial charge >= 0.3 is 0 Å². The topological polar surface area (TPSA) is 49.9 Å². The van der Waals surface area contributed by atoms with Crippen molar-refractivity contribution < 1.29 is 14.3 Å². The van der Waals surface area contributed by atoms with Crippen LogP contribution >= 0.6 is 0 Å². The van der Waals surface area contributed by atoms with E-state index in [2.05, 4.69) is 4.90 Å². The zero-order chi connectivity index (χ0) is 12.5. The molecule has 0 spiro atoms. The summed E-state index contributed by atoms with van der Waals surface area (Å²) in [6.07, 6.45) is 4.64. The molecule has 0 bridgehead atoms. The van der Waals surface area contributed by atoms with Crippen molar-refractivity contribution in [1.82, 2.24) is 9.80 Å². The summed E-state index contributed by atoms with van der Waals surface area (Å²) in [7, 11) is 0.